The molecule has 1 atom stereocenters. The van der Waals surface area contributed by atoms with Gasteiger partial charge in [-0.1, -0.05) is 25.1 Å². The van der Waals surface area contributed by atoms with E-state index in [9.17, 15) is 4.79 Å². The summed E-state index contributed by atoms with van der Waals surface area (Å²) in [7, 11) is 0. The maximum Gasteiger partial charge on any atom is 0.323 e. The fourth-order valence-corrected chi connectivity index (χ4v) is 2.13. The van der Waals surface area contributed by atoms with Crippen LogP contribution in [0.2, 0.25) is 0 Å². The second-order valence-corrected chi connectivity index (χ2v) is 4.83. The minimum atomic E-state index is -1.09. The van der Waals surface area contributed by atoms with Gasteiger partial charge in [0.1, 0.15) is 5.54 Å². The lowest BCUT2D eigenvalue weighted by Gasteiger charge is -2.27. The van der Waals surface area contributed by atoms with E-state index in [1.165, 1.54) is 5.69 Å². The molecule has 0 aliphatic carbocycles. The normalized spacial score (nSPS) is 13.8. The number of carbonyl (C=O) groups is 1. The molecule has 4 heteroatoms. The first-order chi connectivity index (χ1) is 9.03. The van der Waals surface area contributed by atoms with Crippen LogP contribution in [0, 0.1) is 0 Å². The minimum Gasteiger partial charge on any atom is -0.480 e. The van der Waals surface area contributed by atoms with Crippen molar-refractivity contribution in [1.29, 1.82) is 0 Å². The number of aliphatic carboxylic acids is 1. The van der Waals surface area contributed by atoms with Gasteiger partial charge in [0, 0.05) is 18.8 Å². The molecule has 106 valence electrons. The fraction of sp³-hybridized carbons (Fsp3) is 0.533. The summed E-state index contributed by atoms with van der Waals surface area (Å²) in [5, 5.41) is 9.13. The van der Waals surface area contributed by atoms with Crippen molar-refractivity contribution in [3.8, 4) is 0 Å². The van der Waals surface area contributed by atoms with Crippen molar-refractivity contribution in [1.82, 2.24) is 0 Å². The number of hydrogen-bond donors (Lipinski definition) is 2. The number of carboxylic acids is 1. The number of para-hydroxylation sites is 1. The lowest BCUT2D eigenvalue weighted by Crippen LogP contribution is -2.47. The van der Waals surface area contributed by atoms with Crippen LogP contribution in [-0.4, -0.2) is 29.7 Å². The molecule has 0 fully saturated rings. The molecule has 1 rings (SSSR count). The lowest BCUT2D eigenvalue weighted by molar-refractivity contribution is -0.143. The van der Waals surface area contributed by atoms with Gasteiger partial charge in [-0.3, -0.25) is 4.79 Å². The van der Waals surface area contributed by atoms with Gasteiger partial charge < -0.3 is 15.7 Å². The Labute approximate surface area is 115 Å². The monoisotopic (exact) mass is 264 g/mol. The topological polar surface area (TPSA) is 66.6 Å². The molecule has 1 aromatic rings. The van der Waals surface area contributed by atoms with Crippen molar-refractivity contribution < 1.29 is 9.90 Å². The molecule has 19 heavy (non-hydrogen) atoms. The van der Waals surface area contributed by atoms with Gasteiger partial charge in [-0.15, -0.1) is 0 Å². The number of hydrogen-bond acceptors (Lipinski definition) is 3. The third kappa shape index (κ3) is 4.24. The van der Waals surface area contributed by atoms with Crippen molar-refractivity contribution in [2.24, 2.45) is 5.73 Å². The Kier molecular flexibility index (Phi) is 5.83. The standard InChI is InChI=1S/C15H24N2O2/c1-3-15(16,14(18)19)11-8-12-17(4-2)13-9-6-5-7-10-13/h5-7,9-10H,3-4,8,11-12,16H2,1-2H3,(H,18,19). The van der Waals surface area contributed by atoms with E-state index in [2.05, 4.69) is 24.0 Å². The molecule has 3 N–H and O–H groups in total. The Morgan fingerprint density at radius 3 is 2.42 bits per heavy atom. The summed E-state index contributed by atoms with van der Waals surface area (Å²) in [4.78, 5) is 13.4. The van der Waals surface area contributed by atoms with Gasteiger partial charge in [-0.2, -0.15) is 0 Å². The molecular weight excluding hydrogens is 240 g/mol. The summed E-state index contributed by atoms with van der Waals surface area (Å²) in [5.74, 6) is -0.905. The van der Waals surface area contributed by atoms with Crippen LogP contribution in [0.5, 0.6) is 0 Å². The number of anilines is 1. The molecule has 4 nitrogen and oxygen atoms in total. The van der Waals surface area contributed by atoms with E-state index >= 15 is 0 Å². The molecule has 0 amide bonds. The van der Waals surface area contributed by atoms with E-state index in [0.29, 0.717) is 12.8 Å². The first-order valence-corrected chi connectivity index (χ1v) is 6.85. The molecule has 1 aromatic carbocycles. The van der Waals surface area contributed by atoms with E-state index in [4.69, 9.17) is 10.8 Å². The minimum absolute atomic E-state index is 0.458. The Morgan fingerprint density at radius 1 is 1.32 bits per heavy atom. The Morgan fingerprint density at radius 2 is 1.95 bits per heavy atom. The summed E-state index contributed by atoms with van der Waals surface area (Å²) in [5.41, 5.74) is 5.97. The first-order valence-electron chi connectivity index (χ1n) is 6.85. The SMILES string of the molecule is CCN(CCCC(N)(CC)C(=O)O)c1ccccc1. The average molecular weight is 264 g/mol. The van der Waals surface area contributed by atoms with Crippen LogP contribution in [0.1, 0.15) is 33.1 Å². The van der Waals surface area contributed by atoms with Crippen molar-refractivity contribution >= 4 is 11.7 Å². The van der Waals surface area contributed by atoms with Crippen LogP contribution >= 0.6 is 0 Å². The van der Waals surface area contributed by atoms with Crippen molar-refractivity contribution in [2.75, 3.05) is 18.0 Å². The zero-order valence-corrected chi connectivity index (χ0v) is 11.8. The summed E-state index contributed by atoms with van der Waals surface area (Å²) in [6.07, 6.45) is 1.74. The Balaban J connectivity index is 2.53. The number of nitrogens with zero attached hydrogens (tertiary/aromatic N) is 1. The van der Waals surface area contributed by atoms with Gasteiger partial charge in [0.2, 0.25) is 0 Å². The van der Waals surface area contributed by atoms with Gasteiger partial charge in [0.05, 0.1) is 0 Å². The molecule has 0 aliphatic heterocycles. The third-order valence-electron chi connectivity index (χ3n) is 3.61. The van der Waals surface area contributed by atoms with Crippen LogP contribution in [0.3, 0.4) is 0 Å². The van der Waals surface area contributed by atoms with Crippen LogP contribution in [-0.2, 0) is 4.79 Å². The number of rotatable bonds is 8. The van der Waals surface area contributed by atoms with E-state index in [0.717, 1.165) is 19.5 Å². The molecule has 0 radical (unpaired) electrons. The highest BCUT2D eigenvalue weighted by molar-refractivity contribution is 5.78. The van der Waals surface area contributed by atoms with Gasteiger partial charge in [0.25, 0.3) is 0 Å². The largest absolute Gasteiger partial charge is 0.480 e. The van der Waals surface area contributed by atoms with Gasteiger partial charge in [-0.25, -0.2) is 0 Å². The first kappa shape index (κ1) is 15.5. The van der Waals surface area contributed by atoms with E-state index in [1.54, 1.807) is 0 Å². The van der Waals surface area contributed by atoms with E-state index in [-0.39, 0.29) is 0 Å². The molecule has 0 aromatic heterocycles. The fourth-order valence-electron chi connectivity index (χ4n) is 2.13. The zero-order chi connectivity index (χ0) is 14.3. The van der Waals surface area contributed by atoms with Gasteiger partial charge >= 0.3 is 5.97 Å². The smallest absolute Gasteiger partial charge is 0.323 e. The predicted molar refractivity (Wildman–Crippen MR) is 78.4 cm³/mol. The van der Waals surface area contributed by atoms with Crippen molar-refractivity contribution in [3.05, 3.63) is 30.3 Å². The molecule has 0 spiro atoms. The molecule has 0 saturated carbocycles. The van der Waals surface area contributed by atoms with Crippen molar-refractivity contribution in [3.63, 3.8) is 0 Å². The highest BCUT2D eigenvalue weighted by atomic mass is 16.4. The molecule has 0 heterocycles. The molecule has 0 aliphatic rings. The Hall–Kier alpha value is -1.55. The lowest BCUT2D eigenvalue weighted by atomic mass is 9.92. The highest BCUT2D eigenvalue weighted by Crippen LogP contribution is 2.18. The zero-order valence-electron chi connectivity index (χ0n) is 11.8. The number of nitrogens with two attached hydrogens (primary N) is 1. The average Bonchev–Trinajstić information content (AvgIpc) is 2.44. The summed E-state index contributed by atoms with van der Waals surface area (Å²) in [6, 6.07) is 10.1. The van der Waals surface area contributed by atoms with E-state index in [1.807, 2.05) is 25.1 Å². The van der Waals surface area contributed by atoms with Crippen LogP contribution in [0.15, 0.2) is 30.3 Å². The second-order valence-electron chi connectivity index (χ2n) is 4.83. The maximum atomic E-state index is 11.1. The Bertz CT molecular complexity index is 394. The van der Waals surface area contributed by atoms with E-state index < -0.39 is 11.5 Å². The molecule has 0 bridgehead atoms. The van der Waals surface area contributed by atoms with Crippen LogP contribution in [0.25, 0.3) is 0 Å². The summed E-state index contributed by atoms with van der Waals surface area (Å²) >= 11 is 0. The maximum absolute atomic E-state index is 11.1. The number of benzene rings is 1. The summed E-state index contributed by atoms with van der Waals surface area (Å²) in [6.45, 7) is 5.65. The van der Waals surface area contributed by atoms with Crippen molar-refractivity contribution in [2.45, 2.75) is 38.6 Å². The van der Waals surface area contributed by atoms with Crippen LogP contribution < -0.4 is 10.6 Å². The molecule has 1 unspecified atom stereocenters. The highest BCUT2D eigenvalue weighted by Gasteiger charge is 2.31. The molecular formula is C15H24N2O2. The summed E-state index contributed by atoms with van der Waals surface area (Å²) < 4.78 is 0. The quantitative estimate of drug-likeness (QED) is 0.757. The second kappa shape index (κ2) is 7.14. The number of carboxylic acid groups (broad SMARTS) is 1. The van der Waals surface area contributed by atoms with Gasteiger partial charge in [0.15, 0.2) is 0 Å². The molecule has 0 saturated heterocycles. The van der Waals surface area contributed by atoms with Crippen LogP contribution in [0.4, 0.5) is 5.69 Å². The third-order valence-corrected chi connectivity index (χ3v) is 3.61. The predicted octanol–water partition coefficient (Wildman–Crippen LogP) is 2.49. The van der Waals surface area contributed by atoms with Gasteiger partial charge in [-0.05, 0) is 38.3 Å².